The van der Waals surface area contributed by atoms with Gasteiger partial charge in [-0.15, -0.1) is 0 Å². The van der Waals surface area contributed by atoms with E-state index in [2.05, 4.69) is 15.4 Å². The third kappa shape index (κ3) is 3.77. The molecule has 2 aromatic heterocycles. The highest BCUT2D eigenvalue weighted by Crippen LogP contribution is 2.29. The molecule has 0 unspecified atom stereocenters. The van der Waals surface area contributed by atoms with E-state index in [1.165, 1.54) is 10.9 Å². The van der Waals surface area contributed by atoms with E-state index in [0.717, 1.165) is 41.8 Å². The normalized spacial score (nSPS) is 11.5. The minimum absolute atomic E-state index is 0.0230. The maximum absolute atomic E-state index is 12.7. The maximum atomic E-state index is 12.7. The summed E-state index contributed by atoms with van der Waals surface area (Å²) in [6.45, 7) is 3.75. The van der Waals surface area contributed by atoms with Crippen molar-refractivity contribution >= 4 is 37.9 Å². The van der Waals surface area contributed by atoms with E-state index in [1.807, 2.05) is 13.8 Å². The van der Waals surface area contributed by atoms with Crippen LogP contribution >= 0.6 is 11.3 Å². The number of hydrogen-bond acceptors (Lipinski definition) is 8. The van der Waals surface area contributed by atoms with Crippen molar-refractivity contribution in [1.82, 2.24) is 14.8 Å². The molecule has 0 bridgehead atoms. The highest BCUT2D eigenvalue weighted by molar-refractivity contribution is 7.93. The highest BCUT2D eigenvalue weighted by atomic mass is 32.2. The number of amides is 1. The molecular weight excluding hydrogens is 406 g/mol. The molecule has 0 saturated heterocycles. The van der Waals surface area contributed by atoms with Crippen molar-refractivity contribution in [3.05, 3.63) is 58.5 Å². The SMILES string of the molecule is CC(C)n1nccc1C(=O)Nc1ncc(S(=O)(=O)c2ccc([N+](=O)[O-])cc2)s1. The largest absolute Gasteiger partial charge is 0.296 e. The predicted molar refractivity (Wildman–Crippen MR) is 101 cm³/mol. The summed E-state index contributed by atoms with van der Waals surface area (Å²) in [4.78, 5) is 26.4. The summed E-state index contributed by atoms with van der Waals surface area (Å²) >= 11 is 0.790. The molecule has 0 spiro atoms. The Kier molecular flexibility index (Phi) is 5.25. The zero-order valence-electron chi connectivity index (χ0n) is 14.8. The Labute approximate surface area is 163 Å². The fourth-order valence-electron chi connectivity index (χ4n) is 2.37. The Balaban J connectivity index is 1.82. The fraction of sp³-hybridized carbons (Fsp3) is 0.188. The van der Waals surface area contributed by atoms with E-state index < -0.39 is 20.7 Å². The van der Waals surface area contributed by atoms with Gasteiger partial charge in [-0.2, -0.15) is 5.10 Å². The van der Waals surface area contributed by atoms with Crippen molar-refractivity contribution in [2.24, 2.45) is 0 Å². The molecular formula is C16H15N5O5S2. The van der Waals surface area contributed by atoms with Crippen LogP contribution in [0.15, 0.2) is 51.8 Å². The number of rotatable bonds is 6. The van der Waals surface area contributed by atoms with Gasteiger partial charge in [-0.25, -0.2) is 13.4 Å². The molecule has 10 nitrogen and oxygen atoms in total. The lowest BCUT2D eigenvalue weighted by Gasteiger charge is -2.09. The van der Waals surface area contributed by atoms with Crippen LogP contribution in [0, 0.1) is 10.1 Å². The van der Waals surface area contributed by atoms with Crippen LogP contribution in [0.1, 0.15) is 30.4 Å². The third-order valence-electron chi connectivity index (χ3n) is 3.72. The number of nitro groups is 1. The van der Waals surface area contributed by atoms with Crippen LogP contribution in [0.2, 0.25) is 0 Å². The first-order chi connectivity index (χ1) is 13.2. The molecule has 0 saturated carbocycles. The summed E-state index contributed by atoms with van der Waals surface area (Å²) in [5, 5.41) is 17.5. The first kappa shape index (κ1) is 19.6. The number of anilines is 1. The Morgan fingerprint density at radius 3 is 2.54 bits per heavy atom. The number of benzene rings is 1. The summed E-state index contributed by atoms with van der Waals surface area (Å²) in [6.07, 6.45) is 2.64. The molecule has 28 heavy (non-hydrogen) atoms. The van der Waals surface area contributed by atoms with Crippen molar-refractivity contribution < 1.29 is 18.1 Å². The predicted octanol–water partition coefficient (Wildman–Crippen LogP) is 2.91. The molecule has 12 heteroatoms. The molecule has 0 radical (unpaired) electrons. The first-order valence-electron chi connectivity index (χ1n) is 8.00. The number of sulfone groups is 1. The lowest BCUT2D eigenvalue weighted by atomic mass is 10.3. The number of thiazole rings is 1. The molecule has 1 N–H and O–H groups in total. The number of nitrogens with zero attached hydrogens (tertiary/aromatic N) is 4. The molecule has 3 aromatic rings. The molecule has 1 amide bonds. The summed E-state index contributed by atoms with van der Waals surface area (Å²) in [7, 11) is -3.91. The molecule has 0 aliphatic rings. The lowest BCUT2D eigenvalue weighted by Crippen LogP contribution is -2.18. The van der Waals surface area contributed by atoms with Gasteiger partial charge in [0.15, 0.2) is 5.13 Å². The molecule has 0 atom stereocenters. The van der Waals surface area contributed by atoms with Crippen molar-refractivity contribution in [2.75, 3.05) is 5.32 Å². The molecule has 146 valence electrons. The number of hydrogen-bond donors (Lipinski definition) is 1. The van der Waals surface area contributed by atoms with Crippen LogP contribution in [-0.2, 0) is 9.84 Å². The van der Waals surface area contributed by atoms with Gasteiger partial charge in [-0.1, -0.05) is 11.3 Å². The Bertz CT molecular complexity index is 1130. The summed E-state index contributed by atoms with van der Waals surface area (Å²) < 4.78 is 26.8. The second kappa shape index (κ2) is 7.48. The van der Waals surface area contributed by atoms with Gasteiger partial charge in [0, 0.05) is 24.4 Å². The summed E-state index contributed by atoms with van der Waals surface area (Å²) in [6, 6.07) is 6.08. The minimum atomic E-state index is -3.91. The topological polar surface area (TPSA) is 137 Å². The van der Waals surface area contributed by atoms with E-state index in [4.69, 9.17) is 0 Å². The van der Waals surface area contributed by atoms with Crippen LogP contribution in [0.5, 0.6) is 0 Å². The summed E-state index contributed by atoms with van der Waals surface area (Å²) in [5.74, 6) is -0.458. The standard InChI is InChI=1S/C16H15N5O5S2/c1-10(2)20-13(7-8-18-20)15(22)19-16-17-9-14(27-16)28(25,26)12-5-3-11(4-6-12)21(23)24/h3-10H,1-2H3,(H,17,19,22). The van der Waals surface area contributed by atoms with Crippen LogP contribution in [0.4, 0.5) is 10.8 Å². The van der Waals surface area contributed by atoms with Gasteiger partial charge in [0.05, 0.1) is 16.0 Å². The monoisotopic (exact) mass is 421 g/mol. The van der Waals surface area contributed by atoms with Gasteiger partial charge in [0.25, 0.3) is 11.6 Å². The van der Waals surface area contributed by atoms with Crippen LogP contribution in [-0.4, -0.2) is 34.0 Å². The Morgan fingerprint density at radius 1 is 1.25 bits per heavy atom. The summed E-state index contributed by atoms with van der Waals surface area (Å²) in [5.41, 5.74) is 0.114. The van der Waals surface area contributed by atoms with Crippen molar-refractivity contribution in [3.63, 3.8) is 0 Å². The molecule has 3 rings (SSSR count). The minimum Gasteiger partial charge on any atom is -0.296 e. The van der Waals surface area contributed by atoms with Gasteiger partial charge in [0.1, 0.15) is 9.90 Å². The number of aromatic nitrogens is 3. The van der Waals surface area contributed by atoms with E-state index >= 15 is 0 Å². The van der Waals surface area contributed by atoms with Gasteiger partial charge in [-0.3, -0.25) is 24.9 Å². The lowest BCUT2D eigenvalue weighted by molar-refractivity contribution is -0.384. The van der Waals surface area contributed by atoms with E-state index in [0.29, 0.717) is 5.69 Å². The smallest absolute Gasteiger partial charge is 0.275 e. The number of nitrogens with one attached hydrogen (secondary N) is 1. The molecule has 1 aromatic carbocycles. The molecule has 2 heterocycles. The van der Waals surface area contributed by atoms with E-state index in [-0.39, 0.29) is 26.0 Å². The van der Waals surface area contributed by atoms with Crippen molar-refractivity contribution in [1.29, 1.82) is 0 Å². The number of carbonyl (C=O) groups excluding carboxylic acids is 1. The van der Waals surface area contributed by atoms with Gasteiger partial charge < -0.3 is 0 Å². The van der Waals surface area contributed by atoms with E-state index in [1.54, 1.807) is 6.07 Å². The number of nitro benzene ring substituents is 1. The quantitative estimate of drug-likeness (QED) is 0.477. The fourth-order valence-corrected chi connectivity index (χ4v) is 4.80. The second-order valence-corrected chi connectivity index (χ2v) is 9.15. The zero-order chi connectivity index (χ0) is 20.5. The zero-order valence-corrected chi connectivity index (χ0v) is 16.4. The first-order valence-corrected chi connectivity index (χ1v) is 10.3. The van der Waals surface area contributed by atoms with Gasteiger partial charge in [-0.05, 0) is 32.0 Å². The third-order valence-corrected chi connectivity index (χ3v) is 6.86. The van der Waals surface area contributed by atoms with E-state index in [9.17, 15) is 23.3 Å². The average molecular weight is 421 g/mol. The van der Waals surface area contributed by atoms with Crippen molar-refractivity contribution in [2.45, 2.75) is 29.0 Å². The van der Waals surface area contributed by atoms with Crippen molar-refractivity contribution in [3.8, 4) is 0 Å². The molecule has 0 fully saturated rings. The van der Waals surface area contributed by atoms with Crippen LogP contribution in [0.3, 0.4) is 0 Å². The highest BCUT2D eigenvalue weighted by Gasteiger charge is 2.23. The van der Waals surface area contributed by atoms with Gasteiger partial charge in [0.2, 0.25) is 9.84 Å². The maximum Gasteiger partial charge on any atom is 0.275 e. The van der Waals surface area contributed by atoms with Crippen LogP contribution < -0.4 is 5.32 Å². The Morgan fingerprint density at radius 2 is 1.93 bits per heavy atom. The second-order valence-electron chi connectivity index (χ2n) is 5.95. The number of non-ortho nitro benzene ring substituents is 1. The Hall–Kier alpha value is -3.12. The van der Waals surface area contributed by atoms with Gasteiger partial charge >= 0.3 is 0 Å². The molecule has 0 aliphatic carbocycles. The molecule has 0 aliphatic heterocycles. The van der Waals surface area contributed by atoms with Crippen LogP contribution in [0.25, 0.3) is 0 Å². The number of carbonyl (C=O) groups is 1. The average Bonchev–Trinajstić information content (AvgIpc) is 3.31.